The standard InChI is InChI=1S/C13H16Cl2N2O3S/c1-17(10-4-5-21(19,20)8-10)13(18)7-16-12-3-2-9(14)6-11(12)15/h2-3,6,10,16H,4-5,7-8H2,1H3. The third-order valence-electron chi connectivity index (χ3n) is 3.51. The second-order valence-electron chi connectivity index (χ2n) is 5.04. The third kappa shape index (κ3) is 4.25. The Morgan fingerprint density at radius 1 is 1.43 bits per heavy atom. The summed E-state index contributed by atoms with van der Waals surface area (Å²) in [6.07, 6.45) is 0.492. The number of carbonyl (C=O) groups is 1. The van der Waals surface area contributed by atoms with Crippen molar-refractivity contribution in [3.8, 4) is 0 Å². The van der Waals surface area contributed by atoms with Crippen molar-refractivity contribution >= 4 is 44.6 Å². The molecule has 0 aromatic heterocycles. The molecule has 1 aliphatic heterocycles. The van der Waals surface area contributed by atoms with Crippen LogP contribution in [-0.2, 0) is 14.6 Å². The molecule has 0 spiro atoms. The van der Waals surface area contributed by atoms with Crippen molar-refractivity contribution < 1.29 is 13.2 Å². The summed E-state index contributed by atoms with van der Waals surface area (Å²) in [7, 11) is -1.38. The van der Waals surface area contributed by atoms with Gasteiger partial charge in [0.15, 0.2) is 9.84 Å². The average molecular weight is 351 g/mol. The number of sulfone groups is 1. The van der Waals surface area contributed by atoms with Gasteiger partial charge in [-0.1, -0.05) is 23.2 Å². The zero-order valence-electron chi connectivity index (χ0n) is 11.5. The van der Waals surface area contributed by atoms with Crippen LogP contribution in [0.25, 0.3) is 0 Å². The fourth-order valence-corrected chi connectivity index (χ4v) is 4.46. The molecule has 1 fully saturated rings. The lowest BCUT2D eigenvalue weighted by molar-refractivity contribution is -0.129. The van der Waals surface area contributed by atoms with Gasteiger partial charge in [-0.25, -0.2) is 8.42 Å². The number of halogens is 2. The summed E-state index contributed by atoms with van der Waals surface area (Å²) in [6.45, 7) is 0.0500. The minimum atomic E-state index is -3.00. The van der Waals surface area contributed by atoms with Gasteiger partial charge in [-0.15, -0.1) is 0 Å². The smallest absolute Gasteiger partial charge is 0.241 e. The molecule has 1 heterocycles. The van der Waals surface area contributed by atoms with Crippen LogP contribution in [0.4, 0.5) is 5.69 Å². The van der Waals surface area contributed by atoms with Crippen LogP contribution < -0.4 is 5.32 Å². The zero-order valence-corrected chi connectivity index (χ0v) is 13.8. The first kappa shape index (κ1) is 16.4. The molecule has 0 saturated carbocycles. The summed E-state index contributed by atoms with van der Waals surface area (Å²) in [4.78, 5) is 13.6. The molecule has 1 aromatic carbocycles. The van der Waals surface area contributed by atoms with Crippen LogP contribution in [0.5, 0.6) is 0 Å². The van der Waals surface area contributed by atoms with Crippen molar-refractivity contribution in [2.75, 3.05) is 30.4 Å². The van der Waals surface area contributed by atoms with Crippen molar-refractivity contribution in [1.82, 2.24) is 4.90 Å². The van der Waals surface area contributed by atoms with Gasteiger partial charge in [-0.05, 0) is 24.6 Å². The molecule has 5 nitrogen and oxygen atoms in total. The Hall–Kier alpha value is -0.980. The van der Waals surface area contributed by atoms with E-state index in [4.69, 9.17) is 23.2 Å². The van der Waals surface area contributed by atoms with E-state index in [1.54, 1.807) is 25.2 Å². The van der Waals surface area contributed by atoms with Crippen molar-refractivity contribution in [3.63, 3.8) is 0 Å². The molecule has 8 heteroatoms. The number of hydrogen-bond acceptors (Lipinski definition) is 4. The molecule has 116 valence electrons. The number of rotatable bonds is 4. The highest BCUT2D eigenvalue weighted by atomic mass is 35.5. The van der Waals surface area contributed by atoms with E-state index in [0.717, 1.165) is 0 Å². The molecular weight excluding hydrogens is 335 g/mol. The lowest BCUT2D eigenvalue weighted by Gasteiger charge is -2.23. The molecule has 1 aromatic rings. The molecule has 1 atom stereocenters. The van der Waals surface area contributed by atoms with Gasteiger partial charge in [0.1, 0.15) is 0 Å². The summed E-state index contributed by atoms with van der Waals surface area (Å²) >= 11 is 11.8. The monoisotopic (exact) mass is 350 g/mol. The van der Waals surface area contributed by atoms with Gasteiger partial charge >= 0.3 is 0 Å². The minimum Gasteiger partial charge on any atom is -0.375 e. The van der Waals surface area contributed by atoms with Gasteiger partial charge in [0.05, 0.1) is 28.8 Å². The number of likely N-dealkylation sites (N-methyl/N-ethyl adjacent to an activating group) is 1. The Bertz CT molecular complexity index is 649. The van der Waals surface area contributed by atoms with Gasteiger partial charge in [0.25, 0.3) is 0 Å². The zero-order chi connectivity index (χ0) is 15.6. The topological polar surface area (TPSA) is 66.5 Å². The van der Waals surface area contributed by atoms with E-state index >= 15 is 0 Å². The van der Waals surface area contributed by atoms with E-state index in [-0.39, 0.29) is 30.0 Å². The fourth-order valence-electron chi connectivity index (χ4n) is 2.21. The predicted octanol–water partition coefficient (Wildman–Crippen LogP) is 2.05. The maximum absolute atomic E-state index is 12.1. The molecule has 0 radical (unpaired) electrons. The SMILES string of the molecule is CN(C(=O)CNc1ccc(Cl)cc1Cl)C1CCS(=O)(=O)C1. The second-order valence-corrected chi connectivity index (χ2v) is 8.11. The number of amides is 1. The highest BCUT2D eigenvalue weighted by molar-refractivity contribution is 7.91. The average Bonchev–Trinajstić information content (AvgIpc) is 2.77. The van der Waals surface area contributed by atoms with E-state index in [1.807, 2.05) is 0 Å². The molecule has 1 amide bonds. The molecule has 1 saturated heterocycles. The summed E-state index contributed by atoms with van der Waals surface area (Å²) < 4.78 is 22.9. The van der Waals surface area contributed by atoms with Crippen molar-refractivity contribution in [2.24, 2.45) is 0 Å². The van der Waals surface area contributed by atoms with Gasteiger partial charge < -0.3 is 10.2 Å². The molecule has 0 bridgehead atoms. The number of anilines is 1. The number of carbonyl (C=O) groups excluding carboxylic acids is 1. The molecule has 1 N–H and O–H groups in total. The first-order valence-corrected chi connectivity index (χ1v) is 9.01. The van der Waals surface area contributed by atoms with E-state index < -0.39 is 9.84 Å². The summed E-state index contributed by atoms with van der Waals surface area (Å²) in [5, 5.41) is 3.88. The van der Waals surface area contributed by atoms with Crippen molar-refractivity contribution in [3.05, 3.63) is 28.2 Å². The Balaban J connectivity index is 1.92. The first-order chi connectivity index (χ1) is 9.78. The lowest BCUT2D eigenvalue weighted by atomic mass is 10.2. The summed E-state index contributed by atoms with van der Waals surface area (Å²) in [5.41, 5.74) is 0.613. The maximum Gasteiger partial charge on any atom is 0.241 e. The molecule has 2 rings (SSSR count). The Labute approximate surface area is 134 Å². The second kappa shape index (κ2) is 6.42. The number of nitrogens with one attached hydrogen (secondary N) is 1. The van der Waals surface area contributed by atoms with Gasteiger partial charge in [0, 0.05) is 18.1 Å². The van der Waals surface area contributed by atoms with Crippen LogP contribution in [0.3, 0.4) is 0 Å². The van der Waals surface area contributed by atoms with E-state index in [0.29, 0.717) is 22.2 Å². The van der Waals surface area contributed by atoms with E-state index in [1.165, 1.54) is 4.90 Å². The third-order valence-corrected chi connectivity index (χ3v) is 5.81. The van der Waals surface area contributed by atoms with Crippen LogP contribution in [0, 0.1) is 0 Å². The van der Waals surface area contributed by atoms with Crippen LogP contribution in [0.15, 0.2) is 18.2 Å². The highest BCUT2D eigenvalue weighted by Crippen LogP contribution is 2.25. The van der Waals surface area contributed by atoms with Crippen LogP contribution in [-0.4, -0.2) is 50.4 Å². The normalized spacial score (nSPS) is 20.2. The quantitative estimate of drug-likeness (QED) is 0.902. The largest absolute Gasteiger partial charge is 0.375 e. The van der Waals surface area contributed by atoms with E-state index in [9.17, 15) is 13.2 Å². The summed E-state index contributed by atoms with van der Waals surface area (Å²) in [6, 6.07) is 4.71. The van der Waals surface area contributed by atoms with Crippen molar-refractivity contribution in [1.29, 1.82) is 0 Å². The van der Waals surface area contributed by atoms with Crippen LogP contribution in [0.1, 0.15) is 6.42 Å². The molecule has 1 unspecified atom stereocenters. The van der Waals surface area contributed by atoms with Gasteiger partial charge in [-0.3, -0.25) is 4.79 Å². The predicted molar refractivity (Wildman–Crippen MR) is 84.8 cm³/mol. The maximum atomic E-state index is 12.1. The molecular formula is C13H16Cl2N2O3S. The Kier molecular flexibility index (Phi) is 5.01. The molecule has 0 aliphatic carbocycles. The fraction of sp³-hybridized carbons (Fsp3) is 0.462. The number of benzene rings is 1. The van der Waals surface area contributed by atoms with Gasteiger partial charge in [0.2, 0.25) is 5.91 Å². The van der Waals surface area contributed by atoms with Crippen LogP contribution >= 0.6 is 23.2 Å². The number of nitrogens with zero attached hydrogens (tertiary/aromatic N) is 1. The first-order valence-electron chi connectivity index (χ1n) is 6.43. The Morgan fingerprint density at radius 3 is 2.71 bits per heavy atom. The van der Waals surface area contributed by atoms with Crippen LogP contribution in [0.2, 0.25) is 10.0 Å². The van der Waals surface area contributed by atoms with Crippen molar-refractivity contribution in [2.45, 2.75) is 12.5 Å². The van der Waals surface area contributed by atoms with Gasteiger partial charge in [-0.2, -0.15) is 0 Å². The summed E-state index contributed by atoms with van der Waals surface area (Å²) in [5.74, 6) is 0.00553. The lowest BCUT2D eigenvalue weighted by Crippen LogP contribution is -2.40. The molecule has 1 aliphatic rings. The Morgan fingerprint density at radius 2 is 2.14 bits per heavy atom. The number of hydrogen-bond donors (Lipinski definition) is 1. The minimum absolute atomic E-state index is 0.0386. The molecule has 21 heavy (non-hydrogen) atoms. The highest BCUT2D eigenvalue weighted by Gasteiger charge is 2.32. The van der Waals surface area contributed by atoms with E-state index in [2.05, 4.69) is 5.32 Å².